The summed E-state index contributed by atoms with van der Waals surface area (Å²) in [5.74, 6) is 2.15. The zero-order chi connectivity index (χ0) is 14.7. The molecule has 1 aromatic carbocycles. The van der Waals surface area contributed by atoms with Gasteiger partial charge in [-0.3, -0.25) is 0 Å². The van der Waals surface area contributed by atoms with Crippen LogP contribution in [0.4, 0.5) is 0 Å². The van der Waals surface area contributed by atoms with Gasteiger partial charge in [-0.1, -0.05) is 12.1 Å². The Morgan fingerprint density at radius 2 is 2.00 bits per heavy atom. The van der Waals surface area contributed by atoms with Gasteiger partial charge in [0.1, 0.15) is 13.2 Å². The highest BCUT2D eigenvalue weighted by Gasteiger charge is 2.15. The normalized spacial score (nSPS) is 14.6. The molecule has 110 valence electrons. The molecule has 2 N–H and O–H groups in total. The van der Waals surface area contributed by atoms with Crippen LogP contribution >= 0.6 is 0 Å². The predicted molar refractivity (Wildman–Crippen MR) is 78.9 cm³/mol. The standard InChI is InChI=1S/C16H18N2O3/c1-19-16-5-2-11(10-18-16)8-13(17)12-3-4-14-15(9-12)21-7-6-20-14/h2-5,9-10,13H,6-8,17H2,1H3. The topological polar surface area (TPSA) is 66.6 Å². The molecule has 0 radical (unpaired) electrons. The molecule has 1 unspecified atom stereocenters. The number of methoxy groups -OCH3 is 1. The van der Waals surface area contributed by atoms with Gasteiger partial charge in [-0.2, -0.15) is 0 Å². The molecule has 1 aromatic heterocycles. The third-order valence-corrected chi connectivity index (χ3v) is 3.46. The summed E-state index contributed by atoms with van der Waals surface area (Å²) in [7, 11) is 1.60. The highest BCUT2D eigenvalue weighted by Crippen LogP contribution is 2.32. The molecule has 0 saturated carbocycles. The number of benzene rings is 1. The zero-order valence-electron chi connectivity index (χ0n) is 11.9. The van der Waals surface area contributed by atoms with Crippen molar-refractivity contribution >= 4 is 0 Å². The maximum Gasteiger partial charge on any atom is 0.212 e. The molecule has 3 rings (SSSR count). The monoisotopic (exact) mass is 286 g/mol. The largest absolute Gasteiger partial charge is 0.486 e. The van der Waals surface area contributed by atoms with Crippen LogP contribution in [-0.2, 0) is 6.42 Å². The maximum absolute atomic E-state index is 6.28. The molecule has 0 saturated heterocycles. The minimum Gasteiger partial charge on any atom is -0.486 e. The van der Waals surface area contributed by atoms with Crippen LogP contribution in [0.25, 0.3) is 0 Å². The third kappa shape index (κ3) is 3.08. The highest BCUT2D eigenvalue weighted by molar-refractivity contribution is 5.44. The van der Waals surface area contributed by atoms with E-state index < -0.39 is 0 Å². The Hall–Kier alpha value is -2.27. The number of rotatable bonds is 4. The fourth-order valence-corrected chi connectivity index (χ4v) is 2.31. The smallest absolute Gasteiger partial charge is 0.212 e. The van der Waals surface area contributed by atoms with Gasteiger partial charge in [-0.25, -0.2) is 4.98 Å². The van der Waals surface area contributed by atoms with Crippen LogP contribution in [0.15, 0.2) is 36.5 Å². The zero-order valence-corrected chi connectivity index (χ0v) is 11.9. The van der Waals surface area contributed by atoms with E-state index in [2.05, 4.69) is 4.98 Å². The van der Waals surface area contributed by atoms with E-state index in [9.17, 15) is 0 Å². The van der Waals surface area contributed by atoms with Gasteiger partial charge in [0, 0.05) is 18.3 Å². The van der Waals surface area contributed by atoms with Crippen molar-refractivity contribution in [1.29, 1.82) is 0 Å². The summed E-state index contributed by atoms with van der Waals surface area (Å²) in [5.41, 5.74) is 8.37. The molecule has 0 aliphatic carbocycles. The molecule has 21 heavy (non-hydrogen) atoms. The lowest BCUT2D eigenvalue weighted by molar-refractivity contribution is 0.171. The summed E-state index contributed by atoms with van der Waals surface area (Å²) >= 11 is 0. The number of hydrogen-bond donors (Lipinski definition) is 1. The van der Waals surface area contributed by atoms with Gasteiger partial charge in [0.25, 0.3) is 0 Å². The van der Waals surface area contributed by atoms with Gasteiger partial charge in [0.2, 0.25) is 5.88 Å². The van der Waals surface area contributed by atoms with E-state index in [1.54, 1.807) is 13.3 Å². The molecule has 0 fully saturated rings. The highest BCUT2D eigenvalue weighted by atomic mass is 16.6. The Labute approximate surface area is 123 Å². The van der Waals surface area contributed by atoms with Crippen molar-refractivity contribution in [2.75, 3.05) is 20.3 Å². The first kappa shape index (κ1) is 13.7. The van der Waals surface area contributed by atoms with Crippen LogP contribution in [0, 0.1) is 0 Å². The SMILES string of the molecule is COc1ccc(CC(N)c2ccc3c(c2)OCCO3)cn1. The minimum atomic E-state index is -0.115. The van der Waals surface area contributed by atoms with Gasteiger partial charge in [0.15, 0.2) is 11.5 Å². The molecule has 0 bridgehead atoms. The first-order valence-electron chi connectivity index (χ1n) is 6.90. The van der Waals surface area contributed by atoms with E-state index >= 15 is 0 Å². The van der Waals surface area contributed by atoms with Crippen LogP contribution in [0.3, 0.4) is 0 Å². The molecular weight excluding hydrogens is 268 g/mol. The summed E-state index contributed by atoms with van der Waals surface area (Å²) < 4.78 is 16.1. The summed E-state index contributed by atoms with van der Waals surface area (Å²) in [5, 5.41) is 0. The Morgan fingerprint density at radius 1 is 1.19 bits per heavy atom. The molecular formula is C16H18N2O3. The third-order valence-electron chi connectivity index (χ3n) is 3.46. The lowest BCUT2D eigenvalue weighted by Crippen LogP contribution is -2.17. The molecule has 1 atom stereocenters. The second-order valence-electron chi connectivity index (χ2n) is 4.92. The average molecular weight is 286 g/mol. The van der Waals surface area contributed by atoms with E-state index in [1.807, 2.05) is 30.3 Å². The fourth-order valence-electron chi connectivity index (χ4n) is 2.31. The van der Waals surface area contributed by atoms with E-state index in [0.717, 1.165) is 22.6 Å². The van der Waals surface area contributed by atoms with Crippen LogP contribution < -0.4 is 19.9 Å². The quantitative estimate of drug-likeness (QED) is 0.932. The van der Waals surface area contributed by atoms with Gasteiger partial charge in [0.05, 0.1) is 7.11 Å². The molecule has 2 heterocycles. The molecule has 0 spiro atoms. The Kier molecular flexibility index (Phi) is 3.92. The molecule has 0 amide bonds. The van der Waals surface area contributed by atoms with E-state index in [1.165, 1.54) is 0 Å². The van der Waals surface area contributed by atoms with Crippen LogP contribution in [0.1, 0.15) is 17.2 Å². The summed E-state index contributed by atoms with van der Waals surface area (Å²) in [6, 6.07) is 9.55. The van der Waals surface area contributed by atoms with Gasteiger partial charge >= 0.3 is 0 Å². The molecule has 5 nitrogen and oxygen atoms in total. The summed E-state index contributed by atoms with van der Waals surface area (Å²) in [6.45, 7) is 1.17. The number of hydrogen-bond acceptors (Lipinski definition) is 5. The Balaban J connectivity index is 1.73. The van der Waals surface area contributed by atoms with Crippen molar-refractivity contribution in [3.05, 3.63) is 47.7 Å². The second-order valence-corrected chi connectivity index (χ2v) is 4.92. The number of pyridine rings is 1. The number of ether oxygens (including phenoxy) is 3. The van der Waals surface area contributed by atoms with E-state index in [4.69, 9.17) is 19.9 Å². The van der Waals surface area contributed by atoms with Crippen molar-refractivity contribution in [1.82, 2.24) is 4.98 Å². The van der Waals surface area contributed by atoms with Crippen molar-refractivity contribution in [3.63, 3.8) is 0 Å². The van der Waals surface area contributed by atoms with Crippen molar-refractivity contribution < 1.29 is 14.2 Å². The lowest BCUT2D eigenvalue weighted by atomic mass is 10.0. The number of nitrogens with zero attached hydrogens (tertiary/aromatic N) is 1. The summed E-state index contributed by atoms with van der Waals surface area (Å²) in [6.07, 6.45) is 2.49. The molecule has 1 aliphatic heterocycles. The Bertz CT molecular complexity index is 613. The first-order valence-corrected chi connectivity index (χ1v) is 6.90. The lowest BCUT2D eigenvalue weighted by Gasteiger charge is -2.20. The van der Waals surface area contributed by atoms with Gasteiger partial charge in [-0.05, 0) is 29.7 Å². The fraction of sp³-hybridized carbons (Fsp3) is 0.312. The van der Waals surface area contributed by atoms with Gasteiger partial charge < -0.3 is 19.9 Å². The van der Waals surface area contributed by atoms with Crippen molar-refractivity contribution in [2.24, 2.45) is 5.73 Å². The molecule has 5 heteroatoms. The van der Waals surface area contributed by atoms with Crippen molar-refractivity contribution in [3.8, 4) is 17.4 Å². The molecule has 1 aliphatic rings. The first-order chi connectivity index (χ1) is 10.3. The molecule has 2 aromatic rings. The summed E-state index contributed by atoms with van der Waals surface area (Å²) in [4.78, 5) is 4.19. The van der Waals surface area contributed by atoms with E-state index in [0.29, 0.717) is 25.5 Å². The Morgan fingerprint density at radius 3 is 2.71 bits per heavy atom. The second kappa shape index (κ2) is 6.01. The van der Waals surface area contributed by atoms with Gasteiger partial charge in [-0.15, -0.1) is 0 Å². The average Bonchev–Trinajstić information content (AvgIpc) is 2.55. The number of fused-ring (bicyclic) bond motifs is 1. The van der Waals surface area contributed by atoms with Crippen LogP contribution in [-0.4, -0.2) is 25.3 Å². The van der Waals surface area contributed by atoms with Crippen LogP contribution in [0.5, 0.6) is 17.4 Å². The number of nitrogens with two attached hydrogens (primary N) is 1. The predicted octanol–water partition coefficient (Wildman–Crippen LogP) is 2.10. The maximum atomic E-state index is 6.28. The minimum absolute atomic E-state index is 0.115. The number of aromatic nitrogens is 1. The van der Waals surface area contributed by atoms with Crippen molar-refractivity contribution in [2.45, 2.75) is 12.5 Å². The van der Waals surface area contributed by atoms with Crippen LogP contribution in [0.2, 0.25) is 0 Å². The van der Waals surface area contributed by atoms with E-state index in [-0.39, 0.29) is 6.04 Å².